The van der Waals surface area contributed by atoms with Crippen molar-refractivity contribution in [3.8, 4) is 0 Å². The van der Waals surface area contributed by atoms with E-state index in [1.54, 1.807) is 7.11 Å². The summed E-state index contributed by atoms with van der Waals surface area (Å²) in [5.41, 5.74) is 0.915. The Hall–Kier alpha value is -1.16. The fourth-order valence-corrected chi connectivity index (χ4v) is 1.06. The fraction of sp³-hybridized carbons (Fsp3) is 0.556. The number of nitrogens with one attached hydrogen (secondary N) is 1. The molecule has 0 amide bonds. The molecule has 0 aromatic carbocycles. The SMILES string of the molecule is CCc1nc(COC)cc(NC)n1. The lowest BCUT2D eigenvalue weighted by Gasteiger charge is -2.05. The minimum absolute atomic E-state index is 0.532. The zero-order chi connectivity index (χ0) is 9.68. The average molecular weight is 181 g/mol. The first-order valence-electron chi connectivity index (χ1n) is 4.33. The van der Waals surface area contributed by atoms with Gasteiger partial charge in [-0.3, -0.25) is 0 Å². The maximum Gasteiger partial charge on any atom is 0.130 e. The summed E-state index contributed by atoms with van der Waals surface area (Å²) < 4.78 is 5.01. The molecule has 1 heterocycles. The Bertz CT molecular complexity index is 253. The van der Waals surface area contributed by atoms with Gasteiger partial charge in [-0.25, -0.2) is 9.97 Å². The van der Waals surface area contributed by atoms with Crippen LogP contribution >= 0.6 is 0 Å². The molecule has 1 N–H and O–H groups in total. The molecule has 0 unspecified atom stereocenters. The van der Waals surface area contributed by atoms with E-state index in [1.807, 2.05) is 20.0 Å². The summed E-state index contributed by atoms with van der Waals surface area (Å²) in [4.78, 5) is 8.59. The maximum absolute atomic E-state index is 5.01. The maximum atomic E-state index is 5.01. The van der Waals surface area contributed by atoms with E-state index >= 15 is 0 Å². The van der Waals surface area contributed by atoms with Gasteiger partial charge in [0.1, 0.15) is 11.6 Å². The van der Waals surface area contributed by atoms with E-state index in [0.29, 0.717) is 6.61 Å². The molecule has 4 nitrogen and oxygen atoms in total. The highest BCUT2D eigenvalue weighted by atomic mass is 16.5. The monoisotopic (exact) mass is 181 g/mol. The standard InChI is InChI=1S/C9H15N3O/c1-4-8-11-7(6-13-3)5-9(10-2)12-8/h5H,4,6H2,1-3H3,(H,10,11,12). The van der Waals surface area contributed by atoms with Crippen LogP contribution in [0.2, 0.25) is 0 Å². The van der Waals surface area contributed by atoms with Crippen molar-refractivity contribution in [1.82, 2.24) is 9.97 Å². The van der Waals surface area contributed by atoms with Gasteiger partial charge in [0.05, 0.1) is 12.3 Å². The molecule has 0 aliphatic carbocycles. The number of anilines is 1. The highest BCUT2D eigenvalue weighted by Crippen LogP contribution is 2.07. The van der Waals surface area contributed by atoms with Gasteiger partial charge in [0, 0.05) is 26.6 Å². The molecule has 0 radical (unpaired) electrons. The molecule has 1 aromatic heterocycles. The van der Waals surface area contributed by atoms with Gasteiger partial charge in [0.25, 0.3) is 0 Å². The van der Waals surface area contributed by atoms with Crippen LogP contribution in [0.3, 0.4) is 0 Å². The summed E-state index contributed by atoms with van der Waals surface area (Å²) in [6.07, 6.45) is 0.840. The van der Waals surface area contributed by atoms with Crippen LogP contribution in [0, 0.1) is 0 Å². The molecular weight excluding hydrogens is 166 g/mol. The van der Waals surface area contributed by atoms with Gasteiger partial charge in [0.15, 0.2) is 0 Å². The lowest BCUT2D eigenvalue weighted by atomic mass is 10.3. The predicted octanol–water partition coefficient (Wildman–Crippen LogP) is 1.23. The number of nitrogens with zero attached hydrogens (tertiary/aromatic N) is 2. The molecule has 0 fully saturated rings. The minimum atomic E-state index is 0.532. The van der Waals surface area contributed by atoms with Crippen molar-refractivity contribution in [3.05, 3.63) is 17.6 Å². The average Bonchev–Trinajstić information content (AvgIpc) is 2.17. The van der Waals surface area contributed by atoms with E-state index in [0.717, 1.165) is 23.8 Å². The Labute approximate surface area is 78.4 Å². The topological polar surface area (TPSA) is 47.0 Å². The number of hydrogen-bond acceptors (Lipinski definition) is 4. The summed E-state index contributed by atoms with van der Waals surface area (Å²) in [5.74, 6) is 1.69. The third-order valence-electron chi connectivity index (χ3n) is 1.69. The van der Waals surface area contributed by atoms with Crippen molar-refractivity contribution in [2.75, 3.05) is 19.5 Å². The first kappa shape index (κ1) is 9.92. The smallest absolute Gasteiger partial charge is 0.130 e. The second-order valence-electron chi connectivity index (χ2n) is 2.70. The molecule has 1 rings (SSSR count). The third-order valence-corrected chi connectivity index (χ3v) is 1.69. The minimum Gasteiger partial charge on any atom is -0.378 e. The normalized spacial score (nSPS) is 10.1. The van der Waals surface area contributed by atoms with Gasteiger partial charge in [-0.2, -0.15) is 0 Å². The van der Waals surface area contributed by atoms with E-state index in [9.17, 15) is 0 Å². The Morgan fingerprint density at radius 3 is 2.77 bits per heavy atom. The number of methoxy groups -OCH3 is 1. The number of hydrogen-bond donors (Lipinski definition) is 1. The number of ether oxygens (including phenoxy) is 1. The summed E-state index contributed by atoms with van der Waals surface area (Å²) in [5, 5.41) is 2.99. The van der Waals surface area contributed by atoms with Gasteiger partial charge in [-0.1, -0.05) is 6.92 Å². The van der Waals surface area contributed by atoms with Crippen LogP contribution in [0.4, 0.5) is 5.82 Å². The van der Waals surface area contributed by atoms with E-state index in [1.165, 1.54) is 0 Å². The van der Waals surface area contributed by atoms with E-state index < -0.39 is 0 Å². The Balaban J connectivity index is 2.93. The van der Waals surface area contributed by atoms with Crippen LogP contribution in [0.5, 0.6) is 0 Å². The van der Waals surface area contributed by atoms with E-state index in [4.69, 9.17) is 4.74 Å². The summed E-state index contributed by atoms with van der Waals surface area (Å²) in [6.45, 7) is 2.57. The summed E-state index contributed by atoms with van der Waals surface area (Å²) >= 11 is 0. The van der Waals surface area contributed by atoms with Crippen molar-refractivity contribution in [2.24, 2.45) is 0 Å². The Kier molecular flexibility index (Phi) is 3.64. The Morgan fingerprint density at radius 2 is 2.23 bits per heavy atom. The predicted molar refractivity (Wildman–Crippen MR) is 51.7 cm³/mol. The van der Waals surface area contributed by atoms with Crippen molar-refractivity contribution in [3.63, 3.8) is 0 Å². The number of rotatable bonds is 4. The highest BCUT2D eigenvalue weighted by molar-refractivity contribution is 5.34. The zero-order valence-electron chi connectivity index (χ0n) is 8.29. The largest absolute Gasteiger partial charge is 0.378 e. The van der Waals surface area contributed by atoms with Crippen molar-refractivity contribution < 1.29 is 4.74 Å². The highest BCUT2D eigenvalue weighted by Gasteiger charge is 2.01. The van der Waals surface area contributed by atoms with Crippen LogP contribution in [0.25, 0.3) is 0 Å². The van der Waals surface area contributed by atoms with Gasteiger partial charge in [-0.15, -0.1) is 0 Å². The lowest BCUT2D eigenvalue weighted by Crippen LogP contribution is -2.03. The van der Waals surface area contributed by atoms with Crippen LogP contribution in [-0.2, 0) is 17.8 Å². The molecule has 0 aliphatic heterocycles. The molecule has 0 spiro atoms. The summed E-state index contributed by atoms with van der Waals surface area (Å²) in [7, 11) is 3.51. The molecule has 1 aromatic rings. The van der Waals surface area contributed by atoms with Crippen molar-refractivity contribution in [1.29, 1.82) is 0 Å². The summed E-state index contributed by atoms with van der Waals surface area (Å²) in [6, 6.07) is 1.89. The molecule has 72 valence electrons. The van der Waals surface area contributed by atoms with Crippen molar-refractivity contribution >= 4 is 5.82 Å². The molecule has 13 heavy (non-hydrogen) atoms. The van der Waals surface area contributed by atoms with Gasteiger partial charge in [-0.05, 0) is 0 Å². The molecule has 4 heteroatoms. The van der Waals surface area contributed by atoms with Crippen molar-refractivity contribution in [2.45, 2.75) is 20.0 Å². The fourth-order valence-electron chi connectivity index (χ4n) is 1.06. The van der Waals surface area contributed by atoms with Gasteiger partial charge < -0.3 is 10.1 Å². The van der Waals surface area contributed by atoms with Gasteiger partial charge >= 0.3 is 0 Å². The van der Waals surface area contributed by atoms with Crippen LogP contribution in [-0.4, -0.2) is 24.1 Å². The lowest BCUT2D eigenvalue weighted by molar-refractivity contribution is 0.181. The first-order valence-corrected chi connectivity index (χ1v) is 4.33. The molecule has 0 aliphatic rings. The van der Waals surface area contributed by atoms with Crippen LogP contribution in [0.15, 0.2) is 6.07 Å². The molecule has 0 bridgehead atoms. The first-order chi connectivity index (χ1) is 6.30. The molecular formula is C9H15N3O. The number of aryl methyl sites for hydroxylation is 1. The molecule has 0 saturated heterocycles. The van der Waals surface area contributed by atoms with E-state index in [-0.39, 0.29) is 0 Å². The molecule has 0 saturated carbocycles. The van der Waals surface area contributed by atoms with Crippen LogP contribution in [0.1, 0.15) is 18.4 Å². The second-order valence-corrected chi connectivity index (χ2v) is 2.70. The quantitative estimate of drug-likeness (QED) is 0.758. The van der Waals surface area contributed by atoms with Gasteiger partial charge in [0.2, 0.25) is 0 Å². The third kappa shape index (κ3) is 2.66. The second kappa shape index (κ2) is 4.77. The Morgan fingerprint density at radius 1 is 1.46 bits per heavy atom. The van der Waals surface area contributed by atoms with E-state index in [2.05, 4.69) is 15.3 Å². The number of aromatic nitrogens is 2. The molecule has 0 atom stereocenters. The zero-order valence-corrected chi connectivity index (χ0v) is 8.29. The van der Waals surface area contributed by atoms with Crippen LogP contribution < -0.4 is 5.32 Å².